The molecule has 0 heterocycles. The number of hydrogen-bond donors (Lipinski definition) is 1. The lowest BCUT2D eigenvalue weighted by Gasteiger charge is -2.14. The number of hydrogen-bond acceptors (Lipinski definition) is 4. The molecule has 0 spiro atoms. The quantitative estimate of drug-likeness (QED) is 0.555. The molecule has 0 fully saturated rings. The van der Waals surface area contributed by atoms with Gasteiger partial charge in [-0.1, -0.05) is 24.3 Å². The van der Waals surface area contributed by atoms with E-state index in [1.807, 2.05) is 13.8 Å². The average molecular weight is 435 g/mol. The van der Waals surface area contributed by atoms with Crippen LogP contribution in [0, 0.1) is 11.6 Å². The van der Waals surface area contributed by atoms with Crippen molar-refractivity contribution in [1.29, 1.82) is 0 Å². The van der Waals surface area contributed by atoms with E-state index in [0.29, 0.717) is 0 Å². The van der Waals surface area contributed by atoms with Crippen molar-refractivity contribution in [2.45, 2.75) is 27.4 Å². The van der Waals surface area contributed by atoms with Crippen LogP contribution in [0.3, 0.4) is 0 Å². The summed E-state index contributed by atoms with van der Waals surface area (Å²) in [5, 5.41) is 8.74. The van der Waals surface area contributed by atoms with Crippen LogP contribution in [-0.4, -0.2) is 42.1 Å². The van der Waals surface area contributed by atoms with Crippen LogP contribution in [0.25, 0.3) is 5.57 Å². The fourth-order valence-corrected chi connectivity index (χ4v) is 2.34. The van der Waals surface area contributed by atoms with Gasteiger partial charge < -0.3 is 19.5 Å². The van der Waals surface area contributed by atoms with E-state index < -0.39 is 24.2 Å². The van der Waals surface area contributed by atoms with E-state index in [9.17, 15) is 18.4 Å². The Morgan fingerprint density at radius 1 is 1.10 bits per heavy atom. The predicted octanol–water partition coefficient (Wildman–Crippen LogP) is 4.52. The van der Waals surface area contributed by atoms with Gasteiger partial charge in [-0.05, 0) is 50.6 Å². The molecule has 8 heteroatoms. The fourth-order valence-electron chi connectivity index (χ4n) is 2.34. The second-order valence-corrected chi connectivity index (χ2v) is 6.44. The number of ether oxygens (including phenoxy) is 2. The highest BCUT2D eigenvalue weighted by Gasteiger charge is 2.13. The molecule has 31 heavy (non-hydrogen) atoms. The summed E-state index contributed by atoms with van der Waals surface area (Å²) in [5.74, 6) is -2.25. The van der Waals surface area contributed by atoms with Crippen LogP contribution in [0.1, 0.15) is 31.9 Å². The Hall–Kier alpha value is -3.42. The Morgan fingerprint density at radius 3 is 2.16 bits per heavy atom. The molecule has 6 nitrogen and oxygen atoms in total. The Labute approximate surface area is 180 Å². The van der Waals surface area contributed by atoms with Crippen LogP contribution in [0.5, 0.6) is 11.5 Å². The van der Waals surface area contributed by atoms with Crippen molar-refractivity contribution in [3.05, 3.63) is 65.7 Å². The summed E-state index contributed by atoms with van der Waals surface area (Å²) in [6, 6.07) is 8.33. The lowest BCUT2D eigenvalue weighted by molar-refractivity contribution is -0.139. The van der Waals surface area contributed by atoms with E-state index in [1.54, 1.807) is 30.0 Å². The van der Waals surface area contributed by atoms with Gasteiger partial charge in [0.05, 0.1) is 5.56 Å². The topological polar surface area (TPSA) is 76.1 Å². The van der Waals surface area contributed by atoms with Gasteiger partial charge in [-0.25, -0.2) is 13.6 Å². The average Bonchev–Trinajstić information content (AvgIpc) is 2.74. The Bertz CT molecular complexity index is 877. The number of halogens is 2. The smallest absolute Gasteiger partial charge is 0.341 e. The first-order valence-electron chi connectivity index (χ1n) is 9.62. The van der Waals surface area contributed by atoms with Gasteiger partial charge in [0.2, 0.25) is 6.41 Å². The molecule has 2 aromatic rings. The second-order valence-electron chi connectivity index (χ2n) is 6.44. The molecule has 0 bridgehead atoms. The molecule has 168 valence electrons. The van der Waals surface area contributed by atoms with Gasteiger partial charge in [0, 0.05) is 13.1 Å². The molecule has 2 aromatic carbocycles. The molecule has 2 rings (SSSR count). The summed E-state index contributed by atoms with van der Waals surface area (Å²) in [4.78, 5) is 22.3. The zero-order valence-corrected chi connectivity index (χ0v) is 17.9. The SMILES string of the molecule is C=C(C)c1ccc(OCc2c(F)cccc2F)c(OCC(=O)O)c1.CCN(C=O)CC. The molecule has 0 aromatic heterocycles. The largest absolute Gasteiger partial charge is 0.485 e. The highest BCUT2D eigenvalue weighted by Crippen LogP contribution is 2.31. The molecule has 1 N–H and O–H groups in total. The summed E-state index contributed by atoms with van der Waals surface area (Å²) < 4.78 is 37.9. The molecule has 0 atom stereocenters. The van der Waals surface area contributed by atoms with Gasteiger partial charge in [0.15, 0.2) is 18.1 Å². The first-order valence-corrected chi connectivity index (χ1v) is 9.62. The van der Waals surface area contributed by atoms with Crippen molar-refractivity contribution in [3.8, 4) is 11.5 Å². The molecule has 0 saturated heterocycles. The summed E-state index contributed by atoms with van der Waals surface area (Å²) in [6.45, 7) is 10.2. The Kier molecular flexibility index (Phi) is 10.7. The predicted molar refractivity (Wildman–Crippen MR) is 114 cm³/mol. The fraction of sp³-hybridized carbons (Fsp3) is 0.304. The maximum absolute atomic E-state index is 13.6. The number of benzene rings is 2. The number of rotatable bonds is 10. The third-order valence-corrected chi connectivity index (χ3v) is 4.18. The number of carboxylic acid groups (broad SMARTS) is 1. The normalized spacial score (nSPS) is 9.84. The Balaban J connectivity index is 0.000000592. The van der Waals surface area contributed by atoms with Gasteiger partial charge in [-0.3, -0.25) is 4.79 Å². The van der Waals surface area contributed by atoms with E-state index in [2.05, 4.69) is 6.58 Å². The molecule has 0 aliphatic rings. The minimum atomic E-state index is -1.15. The number of aliphatic carboxylic acids is 1. The highest BCUT2D eigenvalue weighted by atomic mass is 19.1. The van der Waals surface area contributed by atoms with Crippen LogP contribution in [-0.2, 0) is 16.2 Å². The van der Waals surface area contributed by atoms with Crippen LogP contribution in [0.2, 0.25) is 0 Å². The van der Waals surface area contributed by atoms with E-state index in [-0.39, 0.29) is 23.7 Å². The molecule has 0 aliphatic heterocycles. The highest BCUT2D eigenvalue weighted by molar-refractivity contribution is 5.69. The number of carboxylic acids is 1. The molecule has 0 saturated carbocycles. The van der Waals surface area contributed by atoms with Crippen molar-refractivity contribution in [3.63, 3.8) is 0 Å². The van der Waals surface area contributed by atoms with Crippen molar-refractivity contribution < 1.29 is 33.0 Å². The molecule has 0 radical (unpaired) electrons. The van der Waals surface area contributed by atoms with Crippen LogP contribution in [0.4, 0.5) is 8.78 Å². The third kappa shape index (κ3) is 8.46. The minimum Gasteiger partial charge on any atom is -0.485 e. The number of allylic oxidation sites excluding steroid dienone is 1. The van der Waals surface area contributed by atoms with Crippen LogP contribution in [0.15, 0.2) is 43.0 Å². The van der Waals surface area contributed by atoms with Crippen molar-refractivity contribution in [2.24, 2.45) is 0 Å². The van der Waals surface area contributed by atoms with E-state index in [0.717, 1.165) is 42.8 Å². The molecular formula is C23H27F2NO5. The van der Waals surface area contributed by atoms with Gasteiger partial charge in [-0.2, -0.15) is 0 Å². The zero-order valence-electron chi connectivity index (χ0n) is 17.9. The first-order chi connectivity index (χ1) is 14.7. The second kappa shape index (κ2) is 13.0. The maximum atomic E-state index is 13.6. The zero-order chi connectivity index (χ0) is 23.4. The molecule has 0 aliphatic carbocycles. The van der Waals surface area contributed by atoms with Crippen molar-refractivity contribution >= 4 is 18.0 Å². The maximum Gasteiger partial charge on any atom is 0.341 e. The summed E-state index contributed by atoms with van der Waals surface area (Å²) >= 11 is 0. The van der Waals surface area contributed by atoms with Crippen molar-refractivity contribution in [2.75, 3.05) is 19.7 Å². The van der Waals surface area contributed by atoms with Crippen LogP contribution < -0.4 is 9.47 Å². The van der Waals surface area contributed by atoms with E-state index in [4.69, 9.17) is 14.6 Å². The van der Waals surface area contributed by atoms with E-state index >= 15 is 0 Å². The molecular weight excluding hydrogens is 408 g/mol. The monoisotopic (exact) mass is 435 g/mol. The van der Waals surface area contributed by atoms with Gasteiger partial charge in [-0.15, -0.1) is 0 Å². The Morgan fingerprint density at radius 2 is 1.71 bits per heavy atom. The van der Waals surface area contributed by atoms with Gasteiger partial charge >= 0.3 is 5.97 Å². The van der Waals surface area contributed by atoms with E-state index in [1.165, 1.54) is 6.07 Å². The van der Waals surface area contributed by atoms with Crippen LogP contribution >= 0.6 is 0 Å². The third-order valence-electron chi connectivity index (χ3n) is 4.18. The first kappa shape index (κ1) is 25.6. The standard InChI is InChI=1S/C18H16F2O4.C5H11NO/c1-11(2)12-6-7-16(17(8-12)24-10-18(21)22)23-9-13-14(19)4-3-5-15(13)20;1-3-6(4-2)5-7/h3-8H,1,9-10H2,2H3,(H,21,22);5H,3-4H2,1-2H3. The molecule has 1 amide bonds. The lowest BCUT2D eigenvalue weighted by atomic mass is 10.1. The summed E-state index contributed by atoms with van der Waals surface area (Å²) in [5.41, 5.74) is 1.27. The number of carbonyl (C=O) groups excluding carboxylic acids is 1. The minimum absolute atomic E-state index is 0.162. The number of nitrogens with zero attached hydrogens (tertiary/aromatic N) is 1. The van der Waals surface area contributed by atoms with Gasteiger partial charge in [0.25, 0.3) is 0 Å². The summed E-state index contributed by atoms with van der Waals surface area (Å²) in [6.07, 6.45) is 0.861. The lowest BCUT2D eigenvalue weighted by Crippen LogP contribution is -2.19. The number of amides is 1. The van der Waals surface area contributed by atoms with Crippen molar-refractivity contribution in [1.82, 2.24) is 4.90 Å². The number of carbonyl (C=O) groups is 2. The summed E-state index contributed by atoms with van der Waals surface area (Å²) in [7, 11) is 0. The van der Waals surface area contributed by atoms with Gasteiger partial charge in [0.1, 0.15) is 18.2 Å². The molecule has 0 unspecified atom stereocenters.